The molecule has 4 heteroatoms. The predicted molar refractivity (Wildman–Crippen MR) is 86.4 cm³/mol. The molecule has 23 heavy (non-hydrogen) atoms. The summed E-state index contributed by atoms with van der Waals surface area (Å²) in [6.07, 6.45) is 9.35. The number of fused-ring (bicyclic) bond motifs is 4. The van der Waals surface area contributed by atoms with Gasteiger partial charge in [0.05, 0.1) is 13.2 Å². The van der Waals surface area contributed by atoms with Crippen LogP contribution in [-0.4, -0.2) is 25.2 Å². The summed E-state index contributed by atoms with van der Waals surface area (Å²) in [7, 11) is 0. The molecule has 5 unspecified atom stereocenters. The molecule has 0 N–H and O–H groups in total. The van der Waals surface area contributed by atoms with Crippen LogP contribution in [0.3, 0.4) is 0 Å². The highest BCUT2D eigenvalue weighted by molar-refractivity contribution is 5.81. The van der Waals surface area contributed by atoms with Crippen LogP contribution in [0.15, 0.2) is 24.3 Å². The SMILES string of the molecule is C=CC(=O)OCCC1CC2=CC1C1CC(CCOC(C)=O)CC21. The molecular weight excluding hydrogens is 292 g/mol. The van der Waals surface area contributed by atoms with Gasteiger partial charge in [0, 0.05) is 13.0 Å². The molecule has 0 spiro atoms. The molecule has 0 aliphatic heterocycles. The minimum absolute atomic E-state index is 0.180. The summed E-state index contributed by atoms with van der Waals surface area (Å²) >= 11 is 0. The topological polar surface area (TPSA) is 52.6 Å². The first kappa shape index (κ1) is 16.3. The normalized spacial score (nSPS) is 34.0. The van der Waals surface area contributed by atoms with Crippen LogP contribution in [0.4, 0.5) is 0 Å². The van der Waals surface area contributed by atoms with Crippen LogP contribution in [0.1, 0.15) is 39.0 Å². The van der Waals surface area contributed by atoms with E-state index in [4.69, 9.17) is 9.47 Å². The second kappa shape index (κ2) is 6.90. The van der Waals surface area contributed by atoms with Gasteiger partial charge in [0.2, 0.25) is 0 Å². The largest absolute Gasteiger partial charge is 0.466 e. The molecule has 1 saturated carbocycles. The third-order valence-corrected chi connectivity index (χ3v) is 5.86. The third kappa shape index (κ3) is 3.51. The zero-order valence-corrected chi connectivity index (χ0v) is 13.8. The molecule has 0 aromatic rings. The molecule has 1 fully saturated rings. The predicted octanol–water partition coefficient (Wildman–Crippen LogP) is 3.28. The molecule has 5 atom stereocenters. The van der Waals surface area contributed by atoms with E-state index < -0.39 is 0 Å². The van der Waals surface area contributed by atoms with Crippen molar-refractivity contribution < 1.29 is 19.1 Å². The van der Waals surface area contributed by atoms with Gasteiger partial charge in [-0.2, -0.15) is 0 Å². The number of hydrogen-bond donors (Lipinski definition) is 0. The standard InChI is InChI=1S/C19H26O4/c1-3-19(21)23-7-5-14-10-15-11-17(14)18-9-13(8-16(15)18)4-6-22-12(2)20/h3,11,13-14,16-18H,1,4-10H2,2H3. The number of allylic oxidation sites excluding steroid dienone is 2. The van der Waals surface area contributed by atoms with Crippen LogP contribution >= 0.6 is 0 Å². The number of carbonyl (C=O) groups is 2. The zero-order chi connectivity index (χ0) is 16.4. The van der Waals surface area contributed by atoms with Crippen LogP contribution < -0.4 is 0 Å². The smallest absolute Gasteiger partial charge is 0.330 e. The Balaban J connectivity index is 1.45. The van der Waals surface area contributed by atoms with Crippen molar-refractivity contribution >= 4 is 11.9 Å². The molecule has 0 amide bonds. The lowest BCUT2D eigenvalue weighted by Gasteiger charge is -2.31. The first-order chi connectivity index (χ1) is 11.1. The molecule has 3 aliphatic rings. The Morgan fingerprint density at radius 2 is 2.04 bits per heavy atom. The zero-order valence-electron chi connectivity index (χ0n) is 13.8. The highest BCUT2D eigenvalue weighted by atomic mass is 16.5. The van der Waals surface area contributed by atoms with E-state index in [1.165, 1.54) is 32.3 Å². The number of hydrogen-bond acceptors (Lipinski definition) is 4. The van der Waals surface area contributed by atoms with Crippen molar-refractivity contribution in [1.82, 2.24) is 0 Å². The number of ether oxygens (including phenoxy) is 2. The average molecular weight is 318 g/mol. The van der Waals surface area contributed by atoms with Gasteiger partial charge in [0.25, 0.3) is 0 Å². The summed E-state index contributed by atoms with van der Waals surface area (Å²) < 4.78 is 10.2. The van der Waals surface area contributed by atoms with E-state index in [-0.39, 0.29) is 11.9 Å². The molecule has 2 bridgehead atoms. The van der Waals surface area contributed by atoms with Crippen molar-refractivity contribution in [2.45, 2.75) is 39.0 Å². The van der Waals surface area contributed by atoms with E-state index in [9.17, 15) is 9.59 Å². The van der Waals surface area contributed by atoms with E-state index in [0.29, 0.717) is 31.0 Å². The summed E-state index contributed by atoms with van der Waals surface area (Å²) in [6, 6.07) is 0. The molecule has 0 saturated heterocycles. The Labute approximate surface area is 137 Å². The molecule has 0 aromatic heterocycles. The van der Waals surface area contributed by atoms with Crippen molar-refractivity contribution in [3.8, 4) is 0 Å². The lowest BCUT2D eigenvalue weighted by molar-refractivity contribution is -0.141. The van der Waals surface area contributed by atoms with Gasteiger partial charge < -0.3 is 9.47 Å². The van der Waals surface area contributed by atoms with E-state index >= 15 is 0 Å². The highest BCUT2D eigenvalue weighted by Crippen LogP contribution is 2.59. The van der Waals surface area contributed by atoms with Crippen molar-refractivity contribution in [3.63, 3.8) is 0 Å². The molecule has 0 heterocycles. The average Bonchev–Trinajstić information content (AvgIpc) is 3.17. The van der Waals surface area contributed by atoms with Gasteiger partial charge in [0.1, 0.15) is 0 Å². The molecule has 3 aliphatic carbocycles. The summed E-state index contributed by atoms with van der Waals surface area (Å²) in [5, 5.41) is 0. The van der Waals surface area contributed by atoms with Gasteiger partial charge in [0.15, 0.2) is 0 Å². The summed E-state index contributed by atoms with van der Waals surface area (Å²) in [5.41, 5.74) is 1.63. The fourth-order valence-corrected chi connectivity index (χ4v) is 4.94. The van der Waals surface area contributed by atoms with Gasteiger partial charge in [-0.3, -0.25) is 4.79 Å². The summed E-state index contributed by atoms with van der Waals surface area (Å²) in [4.78, 5) is 22.0. The fraction of sp³-hybridized carbons (Fsp3) is 0.684. The molecular formula is C19H26O4. The maximum Gasteiger partial charge on any atom is 0.330 e. The van der Waals surface area contributed by atoms with Crippen molar-refractivity contribution in [1.29, 1.82) is 0 Å². The first-order valence-electron chi connectivity index (χ1n) is 8.71. The minimum Gasteiger partial charge on any atom is -0.466 e. The molecule has 126 valence electrons. The molecule has 3 rings (SSSR count). The second-order valence-electron chi connectivity index (χ2n) is 7.18. The molecule has 0 radical (unpaired) electrons. The lowest BCUT2D eigenvalue weighted by atomic mass is 9.73. The van der Waals surface area contributed by atoms with E-state index in [2.05, 4.69) is 12.7 Å². The maximum absolute atomic E-state index is 11.1. The van der Waals surface area contributed by atoms with Crippen LogP contribution in [-0.2, 0) is 19.1 Å². The highest BCUT2D eigenvalue weighted by Gasteiger charge is 2.50. The van der Waals surface area contributed by atoms with E-state index in [1.54, 1.807) is 5.57 Å². The fourth-order valence-electron chi connectivity index (χ4n) is 4.94. The quantitative estimate of drug-likeness (QED) is 0.411. The monoisotopic (exact) mass is 318 g/mol. The Morgan fingerprint density at radius 3 is 2.78 bits per heavy atom. The second-order valence-corrected chi connectivity index (χ2v) is 7.18. The van der Waals surface area contributed by atoms with Crippen molar-refractivity contribution in [2.75, 3.05) is 13.2 Å². The lowest BCUT2D eigenvalue weighted by Crippen LogP contribution is -2.25. The van der Waals surface area contributed by atoms with E-state index in [0.717, 1.165) is 24.7 Å². The summed E-state index contributed by atoms with van der Waals surface area (Å²) in [5.74, 6) is 3.00. The minimum atomic E-state index is -0.325. The third-order valence-electron chi connectivity index (χ3n) is 5.86. The van der Waals surface area contributed by atoms with Gasteiger partial charge in [-0.05, 0) is 61.7 Å². The van der Waals surface area contributed by atoms with Crippen LogP contribution in [0.5, 0.6) is 0 Å². The Morgan fingerprint density at radius 1 is 1.26 bits per heavy atom. The van der Waals surface area contributed by atoms with Crippen LogP contribution in [0, 0.1) is 29.6 Å². The van der Waals surface area contributed by atoms with Gasteiger partial charge >= 0.3 is 11.9 Å². The van der Waals surface area contributed by atoms with Crippen LogP contribution in [0.25, 0.3) is 0 Å². The van der Waals surface area contributed by atoms with Gasteiger partial charge in [-0.25, -0.2) is 4.79 Å². The first-order valence-corrected chi connectivity index (χ1v) is 8.71. The summed E-state index contributed by atoms with van der Waals surface area (Å²) in [6.45, 7) is 5.95. The van der Waals surface area contributed by atoms with Crippen molar-refractivity contribution in [3.05, 3.63) is 24.3 Å². The van der Waals surface area contributed by atoms with Gasteiger partial charge in [-0.15, -0.1) is 0 Å². The number of rotatable bonds is 7. The van der Waals surface area contributed by atoms with Crippen molar-refractivity contribution in [2.24, 2.45) is 29.6 Å². The van der Waals surface area contributed by atoms with Crippen LogP contribution in [0.2, 0.25) is 0 Å². The van der Waals surface area contributed by atoms with Gasteiger partial charge in [-0.1, -0.05) is 18.2 Å². The van der Waals surface area contributed by atoms with E-state index in [1.807, 2.05) is 0 Å². The number of esters is 2. The molecule has 4 nitrogen and oxygen atoms in total. The Hall–Kier alpha value is -1.58. The maximum atomic E-state index is 11.1. The Kier molecular flexibility index (Phi) is 4.88. The Bertz CT molecular complexity index is 521. The number of carbonyl (C=O) groups excluding carboxylic acids is 2. The molecule has 0 aromatic carbocycles.